The van der Waals surface area contributed by atoms with Crippen LogP contribution in [0, 0.1) is 17.8 Å². The number of hydrogen-bond acceptors (Lipinski definition) is 3. The van der Waals surface area contributed by atoms with Crippen LogP contribution in [0.3, 0.4) is 0 Å². The van der Waals surface area contributed by atoms with Crippen LogP contribution in [0.4, 0.5) is 0 Å². The van der Waals surface area contributed by atoms with Crippen LogP contribution in [0.5, 0.6) is 0 Å². The molecule has 1 N–H and O–H groups in total. The Labute approximate surface area is 124 Å². The Morgan fingerprint density at radius 2 is 2.05 bits per heavy atom. The zero-order chi connectivity index (χ0) is 13.8. The maximum Gasteiger partial charge on any atom is 0.0339 e. The smallest absolute Gasteiger partial charge is 0.0339 e. The van der Waals surface area contributed by atoms with Gasteiger partial charge in [0.2, 0.25) is 0 Å². The first-order valence-corrected chi connectivity index (χ1v) is 9.30. The van der Waals surface area contributed by atoms with Crippen molar-refractivity contribution in [1.29, 1.82) is 0 Å². The van der Waals surface area contributed by atoms with Crippen molar-refractivity contribution in [3.8, 4) is 0 Å². The summed E-state index contributed by atoms with van der Waals surface area (Å²) in [6, 6.07) is 1.45. The van der Waals surface area contributed by atoms with E-state index in [4.69, 9.17) is 0 Å². The molecule has 0 spiro atoms. The lowest BCUT2D eigenvalue weighted by Crippen LogP contribution is -2.56. The van der Waals surface area contributed by atoms with Gasteiger partial charge in [-0.05, 0) is 44.2 Å². The van der Waals surface area contributed by atoms with Crippen molar-refractivity contribution in [3.05, 3.63) is 0 Å². The molecule has 1 saturated heterocycles. The van der Waals surface area contributed by atoms with E-state index < -0.39 is 0 Å². The first kappa shape index (κ1) is 15.7. The van der Waals surface area contributed by atoms with Gasteiger partial charge >= 0.3 is 0 Å². The molecule has 2 nitrogen and oxygen atoms in total. The van der Waals surface area contributed by atoms with Crippen LogP contribution < -0.4 is 5.32 Å². The Hall–Kier alpha value is 0.270. The largest absolute Gasteiger partial charge is 0.312 e. The molecule has 2 fully saturated rings. The highest BCUT2D eigenvalue weighted by Gasteiger charge is 2.36. The van der Waals surface area contributed by atoms with E-state index in [0.29, 0.717) is 6.04 Å². The third-order valence-corrected chi connectivity index (χ3v) is 6.49. The molecular weight excluding hydrogens is 252 g/mol. The van der Waals surface area contributed by atoms with E-state index >= 15 is 0 Å². The fraction of sp³-hybridized carbons (Fsp3) is 1.00. The molecule has 2 rings (SSSR count). The van der Waals surface area contributed by atoms with Crippen LogP contribution >= 0.6 is 11.8 Å². The Balaban J connectivity index is 2.02. The van der Waals surface area contributed by atoms with Gasteiger partial charge in [0, 0.05) is 30.1 Å². The second kappa shape index (κ2) is 7.33. The second-order valence-corrected chi connectivity index (χ2v) is 7.88. The minimum absolute atomic E-state index is 0.706. The predicted molar refractivity (Wildman–Crippen MR) is 86.9 cm³/mol. The lowest BCUT2D eigenvalue weighted by molar-refractivity contribution is 0.115. The van der Waals surface area contributed by atoms with Gasteiger partial charge in [0.15, 0.2) is 0 Å². The van der Waals surface area contributed by atoms with Gasteiger partial charge in [0.05, 0.1) is 0 Å². The van der Waals surface area contributed by atoms with E-state index in [1.54, 1.807) is 0 Å². The van der Waals surface area contributed by atoms with Crippen molar-refractivity contribution < 1.29 is 0 Å². The summed E-state index contributed by atoms with van der Waals surface area (Å²) in [6.45, 7) is 9.53. The van der Waals surface area contributed by atoms with Gasteiger partial charge in [0.1, 0.15) is 0 Å². The highest BCUT2D eigenvalue weighted by atomic mass is 32.2. The molecule has 1 saturated carbocycles. The Morgan fingerprint density at radius 1 is 1.26 bits per heavy atom. The van der Waals surface area contributed by atoms with E-state index in [1.165, 1.54) is 37.3 Å². The summed E-state index contributed by atoms with van der Waals surface area (Å²) in [7, 11) is 2.32. The SMILES string of the molecule is CCNC(C1CCC(C)C(C)C1)C1CSCCN1C. The molecule has 1 aliphatic heterocycles. The van der Waals surface area contributed by atoms with Crippen molar-refractivity contribution in [2.45, 2.75) is 52.1 Å². The predicted octanol–water partition coefficient (Wildman–Crippen LogP) is 3.08. The standard InChI is InChI=1S/C16H32N2S/c1-5-17-16(15-11-19-9-8-18(15)4)14-7-6-12(2)13(3)10-14/h12-17H,5-11H2,1-4H3. The summed E-state index contributed by atoms with van der Waals surface area (Å²) in [5.41, 5.74) is 0. The third kappa shape index (κ3) is 3.89. The fourth-order valence-electron chi connectivity index (χ4n) is 3.85. The molecule has 112 valence electrons. The third-order valence-electron chi connectivity index (χ3n) is 5.44. The molecule has 1 aliphatic carbocycles. The van der Waals surface area contributed by atoms with E-state index in [-0.39, 0.29) is 0 Å². The highest BCUT2D eigenvalue weighted by molar-refractivity contribution is 7.99. The molecule has 0 bridgehead atoms. The van der Waals surface area contributed by atoms with Crippen LogP contribution in [0.2, 0.25) is 0 Å². The van der Waals surface area contributed by atoms with Crippen molar-refractivity contribution in [2.24, 2.45) is 17.8 Å². The van der Waals surface area contributed by atoms with Crippen LogP contribution in [-0.2, 0) is 0 Å². The summed E-state index contributed by atoms with van der Waals surface area (Å²) in [5, 5.41) is 3.83. The molecule has 0 aromatic rings. The van der Waals surface area contributed by atoms with Crippen LogP contribution in [0.25, 0.3) is 0 Å². The molecule has 0 aromatic heterocycles. The number of nitrogens with zero attached hydrogens (tertiary/aromatic N) is 1. The van der Waals surface area contributed by atoms with Gasteiger partial charge in [-0.2, -0.15) is 11.8 Å². The zero-order valence-electron chi connectivity index (χ0n) is 13.2. The molecule has 3 heteroatoms. The summed E-state index contributed by atoms with van der Waals surface area (Å²) in [4.78, 5) is 2.60. The molecule has 0 amide bonds. The monoisotopic (exact) mass is 284 g/mol. The van der Waals surface area contributed by atoms with E-state index in [2.05, 4.69) is 49.8 Å². The van der Waals surface area contributed by atoms with Gasteiger partial charge in [-0.1, -0.05) is 27.2 Å². The Kier molecular flexibility index (Phi) is 6.04. The molecule has 1 heterocycles. The second-order valence-electron chi connectivity index (χ2n) is 6.73. The van der Waals surface area contributed by atoms with Crippen LogP contribution in [0.15, 0.2) is 0 Å². The van der Waals surface area contributed by atoms with Gasteiger partial charge in [-0.15, -0.1) is 0 Å². The Morgan fingerprint density at radius 3 is 2.68 bits per heavy atom. The molecular formula is C16H32N2S. The van der Waals surface area contributed by atoms with Crippen LogP contribution in [-0.4, -0.2) is 48.6 Å². The van der Waals surface area contributed by atoms with Gasteiger partial charge in [-0.25, -0.2) is 0 Å². The number of hydrogen-bond donors (Lipinski definition) is 1. The average molecular weight is 285 g/mol. The number of rotatable bonds is 4. The first-order chi connectivity index (χ1) is 9.13. The van der Waals surface area contributed by atoms with Gasteiger partial charge in [-0.3, -0.25) is 0 Å². The van der Waals surface area contributed by atoms with E-state index in [9.17, 15) is 0 Å². The van der Waals surface area contributed by atoms with Gasteiger partial charge in [0.25, 0.3) is 0 Å². The summed E-state index contributed by atoms with van der Waals surface area (Å²) >= 11 is 2.14. The molecule has 19 heavy (non-hydrogen) atoms. The Bertz CT molecular complexity index is 271. The minimum Gasteiger partial charge on any atom is -0.312 e. The van der Waals surface area contributed by atoms with Crippen molar-refractivity contribution in [1.82, 2.24) is 10.2 Å². The average Bonchev–Trinajstić information content (AvgIpc) is 2.40. The number of likely N-dealkylation sites (N-methyl/N-ethyl adjacent to an activating group) is 2. The van der Waals surface area contributed by atoms with Crippen molar-refractivity contribution in [3.63, 3.8) is 0 Å². The van der Waals surface area contributed by atoms with E-state index in [1.807, 2.05) is 0 Å². The quantitative estimate of drug-likeness (QED) is 0.854. The number of thioether (sulfide) groups is 1. The minimum atomic E-state index is 0.706. The lowest BCUT2D eigenvalue weighted by Gasteiger charge is -2.44. The van der Waals surface area contributed by atoms with Crippen LogP contribution in [0.1, 0.15) is 40.0 Å². The summed E-state index contributed by atoms with van der Waals surface area (Å²) in [5.74, 6) is 5.34. The molecule has 5 atom stereocenters. The maximum atomic E-state index is 3.83. The topological polar surface area (TPSA) is 15.3 Å². The van der Waals surface area contributed by atoms with Gasteiger partial charge < -0.3 is 10.2 Å². The molecule has 2 aliphatic rings. The van der Waals surface area contributed by atoms with Crippen molar-refractivity contribution in [2.75, 3.05) is 31.6 Å². The molecule has 0 aromatic carbocycles. The lowest BCUT2D eigenvalue weighted by atomic mass is 9.72. The van der Waals surface area contributed by atoms with E-state index in [0.717, 1.165) is 30.3 Å². The fourth-order valence-corrected chi connectivity index (χ4v) is 5.14. The molecule has 0 radical (unpaired) electrons. The zero-order valence-corrected chi connectivity index (χ0v) is 14.0. The number of nitrogens with one attached hydrogen (secondary N) is 1. The highest BCUT2D eigenvalue weighted by Crippen LogP contribution is 2.37. The first-order valence-electron chi connectivity index (χ1n) is 8.14. The molecule has 5 unspecified atom stereocenters. The summed E-state index contributed by atoms with van der Waals surface area (Å²) in [6.07, 6.45) is 4.28. The normalized spacial score (nSPS) is 39.2. The van der Waals surface area contributed by atoms with Crippen molar-refractivity contribution >= 4 is 11.8 Å². The maximum absolute atomic E-state index is 3.83. The summed E-state index contributed by atoms with van der Waals surface area (Å²) < 4.78 is 0.